The highest BCUT2D eigenvalue weighted by molar-refractivity contribution is 6.13. The number of pyridine rings is 3. The molecule has 0 bridgehead atoms. The lowest BCUT2D eigenvalue weighted by molar-refractivity contribution is 1.32. The molecule has 3 aromatic heterocycles. The summed E-state index contributed by atoms with van der Waals surface area (Å²) in [5.41, 5.74) is 21.5. The zero-order valence-corrected chi connectivity index (χ0v) is 35.2. The Hall–Kier alpha value is -8.47. The molecule has 0 unspecified atom stereocenters. The molecule has 3 heterocycles. The van der Waals surface area contributed by atoms with E-state index in [0.29, 0.717) is 12.1 Å². The third-order valence-corrected chi connectivity index (χ3v) is 12.4. The van der Waals surface area contributed by atoms with Gasteiger partial charge in [0.05, 0.1) is 33.1 Å². The summed E-state index contributed by atoms with van der Waals surface area (Å²) in [7, 11) is 0. The van der Waals surface area contributed by atoms with Gasteiger partial charge in [0.1, 0.15) is 0 Å². The number of anilines is 1. The first-order chi connectivity index (χ1) is 31.6. The number of allylic oxidation sites excluding steroid dienone is 5. The number of nitrogen functional groups attached to an aromatic ring is 1. The number of aromatic nitrogens is 3. The zero-order chi connectivity index (χ0) is 43.1. The molecule has 0 aliphatic carbocycles. The number of fused-ring (bicyclic) bond motifs is 6. The van der Waals surface area contributed by atoms with Gasteiger partial charge in [0.25, 0.3) is 0 Å². The van der Waals surface area contributed by atoms with Crippen molar-refractivity contribution in [2.75, 3.05) is 5.73 Å². The summed E-state index contributed by atoms with van der Waals surface area (Å²) < 4.78 is 0. The number of hydrogen-bond acceptors (Lipinski definition) is 4. The summed E-state index contributed by atoms with van der Waals surface area (Å²) >= 11 is 0. The van der Waals surface area contributed by atoms with Crippen molar-refractivity contribution in [3.05, 3.63) is 251 Å². The van der Waals surface area contributed by atoms with E-state index >= 15 is 0 Å². The molecule has 0 fully saturated rings. The summed E-state index contributed by atoms with van der Waals surface area (Å²) in [6.45, 7) is 9.28. The van der Waals surface area contributed by atoms with E-state index in [1.54, 1.807) is 0 Å². The molecule has 11 aromatic rings. The molecule has 0 amide bonds. The Morgan fingerprint density at radius 1 is 0.453 bits per heavy atom. The largest absolute Gasteiger partial charge is 0.398 e. The predicted octanol–water partition coefficient (Wildman–Crippen LogP) is 12.9. The number of benzene rings is 8. The van der Waals surface area contributed by atoms with E-state index in [0.717, 1.165) is 115 Å². The second-order valence-corrected chi connectivity index (χ2v) is 16.2. The van der Waals surface area contributed by atoms with Crippen molar-refractivity contribution in [3.63, 3.8) is 0 Å². The highest BCUT2D eigenvalue weighted by atomic mass is 14.7. The van der Waals surface area contributed by atoms with Crippen LogP contribution in [-0.4, -0.2) is 15.0 Å². The molecule has 4 nitrogen and oxygen atoms in total. The number of para-hydroxylation sites is 7. The van der Waals surface area contributed by atoms with Crippen molar-refractivity contribution in [1.82, 2.24) is 15.0 Å². The second kappa shape index (κ2) is 16.1. The van der Waals surface area contributed by atoms with Crippen LogP contribution in [0.2, 0.25) is 0 Å². The van der Waals surface area contributed by atoms with Crippen LogP contribution < -0.4 is 16.2 Å². The van der Waals surface area contributed by atoms with Crippen molar-refractivity contribution in [2.24, 2.45) is 0 Å². The molecule has 0 radical (unpaired) electrons. The minimum Gasteiger partial charge on any atom is -0.398 e. The quantitative estimate of drug-likeness (QED) is 0.0942. The van der Waals surface area contributed by atoms with E-state index in [-0.39, 0.29) is 0 Å². The Bertz CT molecular complexity index is 3720. The molecular formula is C60H42N4. The van der Waals surface area contributed by atoms with E-state index in [2.05, 4.69) is 183 Å². The second-order valence-electron chi connectivity index (χ2n) is 16.2. The maximum absolute atomic E-state index is 7.11. The third-order valence-electron chi connectivity index (χ3n) is 12.4. The van der Waals surface area contributed by atoms with Crippen LogP contribution in [0, 0.1) is 0 Å². The first kappa shape index (κ1) is 38.5. The van der Waals surface area contributed by atoms with Crippen LogP contribution in [0.1, 0.15) is 22.3 Å². The minimum atomic E-state index is 0.566. The molecule has 302 valence electrons. The summed E-state index contributed by atoms with van der Waals surface area (Å²) in [6.07, 6.45) is 4.99. The van der Waals surface area contributed by atoms with Crippen LogP contribution in [0.3, 0.4) is 0 Å². The van der Waals surface area contributed by atoms with Gasteiger partial charge in [-0.25, -0.2) is 15.0 Å². The summed E-state index contributed by atoms with van der Waals surface area (Å²) in [5, 5.41) is 8.24. The fourth-order valence-corrected chi connectivity index (χ4v) is 9.57. The van der Waals surface area contributed by atoms with Gasteiger partial charge < -0.3 is 5.73 Å². The molecule has 64 heavy (non-hydrogen) atoms. The molecule has 0 aliphatic rings. The number of nitrogens with two attached hydrogens (primary N) is 1. The topological polar surface area (TPSA) is 64.7 Å². The Morgan fingerprint density at radius 3 is 1.31 bits per heavy atom. The van der Waals surface area contributed by atoms with Crippen LogP contribution in [-0.2, 0) is 6.42 Å². The molecule has 11 rings (SSSR count). The van der Waals surface area contributed by atoms with Crippen molar-refractivity contribution in [1.29, 1.82) is 0 Å². The molecular weight excluding hydrogens is 777 g/mol. The first-order valence-corrected chi connectivity index (χ1v) is 21.6. The van der Waals surface area contributed by atoms with Crippen LogP contribution >= 0.6 is 0 Å². The van der Waals surface area contributed by atoms with Crippen LogP contribution in [0.25, 0.3) is 88.7 Å². The molecule has 0 spiro atoms. The summed E-state index contributed by atoms with van der Waals surface area (Å²) in [6, 6.07) is 67.2. The van der Waals surface area contributed by atoms with Crippen molar-refractivity contribution >= 4 is 94.4 Å². The van der Waals surface area contributed by atoms with Crippen LogP contribution in [0.15, 0.2) is 218 Å². The van der Waals surface area contributed by atoms with Crippen molar-refractivity contribution in [2.45, 2.75) is 6.42 Å². The van der Waals surface area contributed by atoms with Crippen molar-refractivity contribution < 1.29 is 0 Å². The third kappa shape index (κ3) is 6.61. The van der Waals surface area contributed by atoms with E-state index < -0.39 is 0 Å². The lowest BCUT2D eigenvalue weighted by Gasteiger charge is -2.22. The highest BCUT2D eigenvalue weighted by Gasteiger charge is 2.23. The Labute approximate surface area is 371 Å². The van der Waals surface area contributed by atoms with Crippen molar-refractivity contribution in [3.8, 4) is 0 Å². The van der Waals surface area contributed by atoms with Crippen LogP contribution in [0.4, 0.5) is 5.69 Å². The fraction of sp³-hybridized carbons (Fsp3) is 0.0167. The van der Waals surface area contributed by atoms with Crippen LogP contribution in [0.5, 0.6) is 0 Å². The number of hydrogen-bond donors (Lipinski definition) is 1. The molecule has 4 heteroatoms. The Morgan fingerprint density at radius 2 is 0.844 bits per heavy atom. The molecule has 0 saturated carbocycles. The monoisotopic (exact) mass is 818 g/mol. The highest BCUT2D eigenvalue weighted by Crippen LogP contribution is 2.43. The maximum Gasteiger partial charge on any atom is 0.0715 e. The molecule has 0 aliphatic heterocycles. The fourth-order valence-electron chi connectivity index (χ4n) is 9.57. The van der Waals surface area contributed by atoms with Gasteiger partial charge in [-0.1, -0.05) is 171 Å². The zero-order valence-electron chi connectivity index (χ0n) is 35.2. The average Bonchev–Trinajstić information content (AvgIpc) is 3.34. The van der Waals surface area contributed by atoms with E-state index in [9.17, 15) is 0 Å². The predicted molar refractivity (Wildman–Crippen MR) is 271 cm³/mol. The van der Waals surface area contributed by atoms with Gasteiger partial charge in [-0.2, -0.15) is 0 Å². The van der Waals surface area contributed by atoms with Gasteiger partial charge >= 0.3 is 0 Å². The lowest BCUT2D eigenvalue weighted by Crippen LogP contribution is -2.26. The van der Waals surface area contributed by atoms with E-state index in [1.165, 1.54) is 5.56 Å². The number of rotatable bonds is 8. The molecule has 8 aromatic carbocycles. The Balaban J connectivity index is 1.39. The Kier molecular flexibility index (Phi) is 9.67. The molecule has 0 saturated heterocycles. The molecule has 0 atom stereocenters. The average molecular weight is 819 g/mol. The standard InChI is InChI=1S/C60H42N4/c1-3-40(59-47-27-11-18-34-56(47)64-57-35-19-12-28-48(57)59)50(60(41-21-5-4-20-38(41)2)44-24-6-13-29-51(44)61)37-39(58-45-25-9-16-32-54(45)63-55-33-17-10-26-46(55)58)36-49-42-22-7-14-30-52(42)62-53-31-15-8-23-43(49)53/h3-35,37H,1-2,36,61H2/b39-37+,50-40-,60-41+. The van der Waals surface area contributed by atoms with Gasteiger partial charge in [0, 0.05) is 49.1 Å². The summed E-state index contributed by atoms with van der Waals surface area (Å²) in [4.78, 5) is 15.6. The molecule has 2 N–H and O–H groups in total. The normalized spacial score (nSPS) is 12.9. The van der Waals surface area contributed by atoms with E-state index in [1.807, 2.05) is 36.4 Å². The van der Waals surface area contributed by atoms with Gasteiger partial charge in [-0.05, 0) is 98.8 Å². The smallest absolute Gasteiger partial charge is 0.0715 e. The summed E-state index contributed by atoms with van der Waals surface area (Å²) in [5.74, 6) is 0. The van der Waals surface area contributed by atoms with E-state index in [4.69, 9.17) is 20.7 Å². The van der Waals surface area contributed by atoms with Gasteiger partial charge in [-0.3, -0.25) is 0 Å². The van der Waals surface area contributed by atoms with Gasteiger partial charge in [0.15, 0.2) is 0 Å². The number of nitrogens with zero attached hydrogens (tertiary/aromatic N) is 3. The minimum absolute atomic E-state index is 0.566. The van der Waals surface area contributed by atoms with Gasteiger partial charge in [-0.15, -0.1) is 0 Å². The lowest BCUT2D eigenvalue weighted by atomic mass is 9.82. The SMILES string of the molecule is C=C/C(=C(\C=C(/Cc1c2ccccc2nc2ccccc12)c1c2ccccc2nc2ccccc12)C(/c1ccccc1N)=c1\ccccc1=C)c1c2ccccc2nc2ccccc12. The van der Waals surface area contributed by atoms with Gasteiger partial charge in [0.2, 0.25) is 0 Å². The first-order valence-electron chi connectivity index (χ1n) is 21.6. The maximum atomic E-state index is 7.11.